The second-order valence-electron chi connectivity index (χ2n) is 3.25. The fourth-order valence-corrected chi connectivity index (χ4v) is 2.38. The molecule has 1 N–H and O–H groups in total. The van der Waals surface area contributed by atoms with Crippen molar-refractivity contribution in [1.29, 1.82) is 0 Å². The number of aromatic nitrogens is 1. The van der Waals surface area contributed by atoms with E-state index in [4.69, 9.17) is 11.6 Å². The van der Waals surface area contributed by atoms with Crippen LogP contribution in [0.2, 0.25) is 5.02 Å². The molecule has 0 amide bonds. The SMILES string of the molecule is O=C(CSc1cccc(Cl)c1)c1ccc[nH]1. The summed E-state index contributed by atoms with van der Waals surface area (Å²) in [7, 11) is 0. The number of ketones is 1. The number of rotatable bonds is 4. The molecule has 0 unspecified atom stereocenters. The molecule has 4 heteroatoms. The molecule has 0 aliphatic rings. The highest BCUT2D eigenvalue weighted by Crippen LogP contribution is 2.22. The van der Waals surface area contributed by atoms with Crippen molar-refractivity contribution >= 4 is 29.1 Å². The number of thioether (sulfide) groups is 1. The van der Waals surface area contributed by atoms with E-state index in [-0.39, 0.29) is 5.78 Å². The third-order valence-electron chi connectivity index (χ3n) is 2.06. The van der Waals surface area contributed by atoms with Crippen molar-refractivity contribution in [3.63, 3.8) is 0 Å². The minimum atomic E-state index is 0.0926. The summed E-state index contributed by atoms with van der Waals surface area (Å²) >= 11 is 7.34. The van der Waals surface area contributed by atoms with E-state index in [1.54, 1.807) is 12.3 Å². The van der Waals surface area contributed by atoms with Crippen molar-refractivity contribution in [2.45, 2.75) is 4.90 Å². The van der Waals surface area contributed by atoms with Gasteiger partial charge in [0.2, 0.25) is 0 Å². The van der Waals surface area contributed by atoms with Crippen molar-refractivity contribution in [3.05, 3.63) is 53.3 Å². The van der Waals surface area contributed by atoms with Crippen LogP contribution in [0, 0.1) is 0 Å². The molecule has 2 nitrogen and oxygen atoms in total. The molecule has 0 saturated heterocycles. The van der Waals surface area contributed by atoms with Gasteiger partial charge in [0.15, 0.2) is 5.78 Å². The molecule has 0 fully saturated rings. The number of carbonyl (C=O) groups excluding carboxylic acids is 1. The van der Waals surface area contributed by atoms with Crippen LogP contribution in [0.3, 0.4) is 0 Å². The van der Waals surface area contributed by atoms with Gasteiger partial charge in [0.05, 0.1) is 11.4 Å². The lowest BCUT2D eigenvalue weighted by molar-refractivity contribution is 0.101. The highest BCUT2D eigenvalue weighted by molar-refractivity contribution is 8.00. The van der Waals surface area contributed by atoms with Crippen LogP contribution in [-0.4, -0.2) is 16.5 Å². The molecule has 2 aromatic rings. The predicted octanol–water partition coefficient (Wildman–Crippen LogP) is 3.64. The summed E-state index contributed by atoms with van der Waals surface area (Å²) in [6.45, 7) is 0. The van der Waals surface area contributed by atoms with Crippen molar-refractivity contribution < 1.29 is 4.79 Å². The Bertz CT molecular complexity index is 482. The van der Waals surface area contributed by atoms with E-state index in [9.17, 15) is 4.79 Å². The summed E-state index contributed by atoms with van der Waals surface area (Å²) in [5, 5.41) is 0.692. The van der Waals surface area contributed by atoms with Gasteiger partial charge in [0.1, 0.15) is 0 Å². The Morgan fingerprint density at radius 1 is 1.31 bits per heavy atom. The van der Waals surface area contributed by atoms with Gasteiger partial charge in [0, 0.05) is 16.1 Å². The lowest BCUT2D eigenvalue weighted by atomic mass is 10.3. The minimum absolute atomic E-state index is 0.0926. The van der Waals surface area contributed by atoms with Gasteiger partial charge in [0.25, 0.3) is 0 Å². The Kier molecular flexibility index (Phi) is 3.70. The highest BCUT2D eigenvalue weighted by Gasteiger charge is 2.06. The van der Waals surface area contributed by atoms with E-state index < -0.39 is 0 Å². The molecule has 16 heavy (non-hydrogen) atoms. The Morgan fingerprint density at radius 3 is 2.88 bits per heavy atom. The molecule has 0 aliphatic carbocycles. The predicted molar refractivity (Wildman–Crippen MR) is 67.3 cm³/mol. The molecule has 0 aliphatic heterocycles. The number of nitrogens with one attached hydrogen (secondary N) is 1. The number of Topliss-reactive ketones (excluding diaryl/α,β-unsaturated/α-hetero) is 1. The maximum absolute atomic E-state index is 11.7. The van der Waals surface area contributed by atoms with Crippen molar-refractivity contribution in [2.24, 2.45) is 0 Å². The second-order valence-corrected chi connectivity index (χ2v) is 4.74. The van der Waals surface area contributed by atoms with Crippen LogP contribution in [0.1, 0.15) is 10.5 Å². The third kappa shape index (κ3) is 2.90. The smallest absolute Gasteiger partial charge is 0.189 e. The van der Waals surface area contributed by atoms with Crippen LogP contribution in [-0.2, 0) is 0 Å². The Balaban J connectivity index is 1.95. The zero-order valence-corrected chi connectivity index (χ0v) is 10.0. The Hall–Kier alpha value is -1.19. The average molecular weight is 252 g/mol. The van der Waals surface area contributed by atoms with E-state index in [1.165, 1.54) is 11.8 Å². The van der Waals surface area contributed by atoms with E-state index >= 15 is 0 Å². The van der Waals surface area contributed by atoms with Crippen LogP contribution < -0.4 is 0 Å². The molecule has 0 radical (unpaired) electrons. The topological polar surface area (TPSA) is 32.9 Å². The van der Waals surface area contributed by atoms with Crippen LogP contribution in [0.25, 0.3) is 0 Å². The molecular weight excluding hydrogens is 242 g/mol. The summed E-state index contributed by atoms with van der Waals surface area (Å²) in [6, 6.07) is 11.1. The highest BCUT2D eigenvalue weighted by atomic mass is 35.5. The summed E-state index contributed by atoms with van der Waals surface area (Å²) < 4.78 is 0. The average Bonchev–Trinajstić information content (AvgIpc) is 2.79. The molecule has 1 aromatic carbocycles. The Labute approximate surface area is 103 Å². The van der Waals surface area contributed by atoms with Crippen molar-refractivity contribution in [2.75, 3.05) is 5.75 Å². The summed E-state index contributed by atoms with van der Waals surface area (Å²) in [5.74, 6) is 0.510. The van der Waals surface area contributed by atoms with Crippen LogP contribution in [0.15, 0.2) is 47.5 Å². The molecule has 82 valence electrons. The van der Waals surface area contributed by atoms with Crippen molar-refractivity contribution in [1.82, 2.24) is 4.98 Å². The summed E-state index contributed by atoms with van der Waals surface area (Å²) in [4.78, 5) is 15.6. The largest absolute Gasteiger partial charge is 0.359 e. The third-order valence-corrected chi connectivity index (χ3v) is 3.29. The quantitative estimate of drug-likeness (QED) is 0.665. The molecule has 0 atom stereocenters. The van der Waals surface area contributed by atoms with Gasteiger partial charge in [-0.2, -0.15) is 0 Å². The number of H-pyrrole nitrogens is 1. The van der Waals surface area contributed by atoms with Gasteiger partial charge in [-0.15, -0.1) is 11.8 Å². The van der Waals surface area contributed by atoms with Crippen molar-refractivity contribution in [3.8, 4) is 0 Å². The zero-order valence-electron chi connectivity index (χ0n) is 8.44. The fraction of sp³-hybridized carbons (Fsp3) is 0.0833. The van der Waals surface area contributed by atoms with Gasteiger partial charge >= 0.3 is 0 Å². The van der Waals surface area contributed by atoms with Gasteiger partial charge in [-0.05, 0) is 30.3 Å². The van der Waals surface area contributed by atoms with E-state index in [0.29, 0.717) is 16.5 Å². The van der Waals surface area contributed by atoms with Crippen LogP contribution >= 0.6 is 23.4 Å². The fourth-order valence-electron chi connectivity index (χ4n) is 1.29. The van der Waals surface area contributed by atoms with Crippen LogP contribution in [0.4, 0.5) is 0 Å². The van der Waals surface area contributed by atoms with Gasteiger partial charge < -0.3 is 4.98 Å². The van der Waals surface area contributed by atoms with E-state index in [0.717, 1.165) is 4.90 Å². The summed E-state index contributed by atoms with van der Waals surface area (Å²) in [6.07, 6.45) is 1.75. The molecule has 0 saturated carbocycles. The van der Waals surface area contributed by atoms with Gasteiger partial charge in [-0.3, -0.25) is 4.79 Å². The van der Waals surface area contributed by atoms with Gasteiger partial charge in [-0.25, -0.2) is 0 Å². The van der Waals surface area contributed by atoms with Crippen LogP contribution in [0.5, 0.6) is 0 Å². The number of hydrogen-bond acceptors (Lipinski definition) is 2. The number of aromatic amines is 1. The number of hydrogen-bond donors (Lipinski definition) is 1. The molecule has 0 spiro atoms. The molecule has 1 heterocycles. The second kappa shape index (κ2) is 5.23. The van der Waals surface area contributed by atoms with E-state index in [1.807, 2.05) is 30.3 Å². The normalized spacial score (nSPS) is 10.3. The molecule has 0 bridgehead atoms. The summed E-state index contributed by atoms with van der Waals surface area (Å²) in [5.41, 5.74) is 0.648. The number of benzene rings is 1. The molecule has 2 rings (SSSR count). The first-order valence-corrected chi connectivity index (χ1v) is 6.17. The lowest BCUT2D eigenvalue weighted by Crippen LogP contribution is -2.02. The van der Waals surface area contributed by atoms with Gasteiger partial charge in [-0.1, -0.05) is 17.7 Å². The lowest BCUT2D eigenvalue weighted by Gasteiger charge is -2.00. The molecular formula is C12H10ClNOS. The monoisotopic (exact) mass is 251 g/mol. The molecule has 1 aromatic heterocycles. The zero-order chi connectivity index (χ0) is 11.4. The first-order valence-electron chi connectivity index (χ1n) is 4.80. The first-order chi connectivity index (χ1) is 7.75. The maximum atomic E-state index is 11.7. The number of carbonyl (C=O) groups is 1. The minimum Gasteiger partial charge on any atom is -0.359 e. The van der Waals surface area contributed by atoms with E-state index in [2.05, 4.69) is 4.98 Å². The maximum Gasteiger partial charge on any atom is 0.189 e. The number of halogens is 1. The standard InChI is InChI=1S/C12H10ClNOS/c13-9-3-1-4-10(7-9)16-8-12(15)11-5-2-6-14-11/h1-7,14H,8H2. The first kappa shape index (κ1) is 11.3. The Morgan fingerprint density at radius 2 is 2.19 bits per heavy atom.